The summed E-state index contributed by atoms with van der Waals surface area (Å²) in [6.45, 7) is 1.90. The van der Waals surface area contributed by atoms with Crippen LogP contribution in [-0.4, -0.2) is 37.2 Å². The van der Waals surface area contributed by atoms with Gasteiger partial charge in [0, 0.05) is 11.9 Å². The molecule has 0 spiro atoms. The monoisotopic (exact) mass is 275 g/mol. The average Bonchev–Trinajstić information content (AvgIpc) is 2.13. The summed E-state index contributed by atoms with van der Waals surface area (Å²) in [5.41, 5.74) is 0. The summed E-state index contributed by atoms with van der Waals surface area (Å²) in [7, 11) is 0. The molecule has 0 aliphatic carbocycles. The fourth-order valence-electron chi connectivity index (χ4n) is 1.26. The molecule has 0 aromatic carbocycles. The van der Waals surface area contributed by atoms with Crippen LogP contribution in [0.3, 0.4) is 0 Å². The molecule has 0 aliphatic rings. The van der Waals surface area contributed by atoms with Crippen LogP contribution in [0.5, 0.6) is 0 Å². The molecule has 0 saturated heterocycles. The van der Waals surface area contributed by atoms with Crippen LogP contribution in [0.15, 0.2) is 0 Å². The maximum Gasteiger partial charge on any atom is 0.411 e. The molecule has 3 nitrogen and oxygen atoms in total. The second-order valence-electron chi connectivity index (χ2n) is 4.16. The van der Waals surface area contributed by atoms with Crippen molar-refractivity contribution < 1.29 is 22.7 Å². The number of nitrogens with one attached hydrogen (secondary N) is 1. The zero-order valence-corrected chi connectivity index (χ0v) is 10.6. The number of amides is 1. The highest BCUT2D eigenvalue weighted by Gasteiger charge is 2.27. The van der Waals surface area contributed by atoms with Gasteiger partial charge in [-0.3, -0.25) is 4.79 Å². The van der Waals surface area contributed by atoms with Crippen molar-refractivity contribution in [2.75, 3.05) is 19.1 Å². The van der Waals surface area contributed by atoms with E-state index in [2.05, 4.69) is 10.1 Å². The molecule has 1 atom stereocenters. The molecule has 0 aliphatic heterocycles. The molecule has 1 amide bonds. The number of alkyl halides is 4. The van der Waals surface area contributed by atoms with Crippen molar-refractivity contribution in [2.24, 2.45) is 5.92 Å². The van der Waals surface area contributed by atoms with E-state index in [-0.39, 0.29) is 11.9 Å². The lowest BCUT2D eigenvalue weighted by Gasteiger charge is -2.18. The Bertz CT molecular complexity index is 234. The van der Waals surface area contributed by atoms with Crippen LogP contribution in [0.1, 0.15) is 20.3 Å². The number of rotatable bonds is 7. The van der Waals surface area contributed by atoms with Crippen LogP contribution >= 0.6 is 11.6 Å². The van der Waals surface area contributed by atoms with Crippen LogP contribution in [0.2, 0.25) is 0 Å². The molecule has 0 aromatic rings. The number of halogens is 4. The van der Waals surface area contributed by atoms with E-state index >= 15 is 0 Å². The summed E-state index contributed by atoms with van der Waals surface area (Å²) in [6.07, 6.45) is -3.74. The maximum atomic E-state index is 11.7. The van der Waals surface area contributed by atoms with Gasteiger partial charge in [-0.1, -0.05) is 13.8 Å². The molecule has 1 unspecified atom stereocenters. The van der Waals surface area contributed by atoms with Gasteiger partial charge in [-0.2, -0.15) is 13.2 Å². The van der Waals surface area contributed by atoms with Crippen molar-refractivity contribution in [3.8, 4) is 0 Å². The van der Waals surface area contributed by atoms with Crippen molar-refractivity contribution in [2.45, 2.75) is 32.5 Å². The SMILES string of the molecule is CC(C)CC(CCl)NC(=O)COCC(F)(F)F. The smallest absolute Gasteiger partial charge is 0.362 e. The third kappa shape index (κ3) is 10.4. The van der Waals surface area contributed by atoms with Gasteiger partial charge < -0.3 is 10.1 Å². The van der Waals surface area contributed by atoms with Gasteiger partial charge in [-0.25, -0.2) is 0 Å². The summed E-state index contributed by atoms with van der Waals surface area (Å²) in [6, 6.07) is -0.237. The Morgan fingerprint density at radius 3 is 2.41 bits per heavy atom. The fraction of sp³-hybridized carbons (Fsp3) is 0.900. The molecule has 0 saturated carbocycles. The van der Waals surface area contributed by atoms with Gasteiger partial charge in [0.1, 0.15) is 13.2 Å². The summed E-state index contributed by atoms with van der Waals surface area (Å²) in [5, 5.41) is 2.52. The summed E-state index contributed by atoms with van der Waals surface area (Å²) in [4.78, 5) is 11.2. The molecule has 0 bridgehead atoms. The lowest BCUT2D eigenvalue weighted by molar-refractivity contribution is -0.175. The second kappa shape index (κ2) is 7.76. The average molecular weight is 276 g/mol. The van der Waals surface area contributed by atoms with Gasteiger partial charge in [0.05, 0.1) is 0 Å². The van der Waals surface area contributed by atoms with Crippen molar-refractivity contribution >= 4 is 17.5 Å². The Kier molecular flexibility index (Phi) is 7.54. The van der Waals surface area contributed by atoms with Crippen molar-refractivity contribution in [3.05, 3.63) is 0 Å². The highest BCUT2D eigenvalue weighted by atomic mass is 35.5. The number of ether oxygens (including phenoxy) is 1. The summed E-state index contributed by atoms with van der Waals surface area (Å²) in [5.74, 6) is -0.0147. The van der Waals surface area contributed by atoms with Gasteiger partial charge in [-0.05, 0) is 12.3 Å². The van der Waals surface area contributed by atoms with E-state index in [9.17, 15) is 18.0 Å². The number of carbonyl (C=O) groups is 1. The van der Waals surface area contributed by atoms with Crippen LogP contribution < -0.4 is 5.32 Å². The van der Waals surface area contributed by atoms with E-state index in [1.165, 1.54) is 0 Å². The normalized spacial score (nSPS) is 13.8. The molecular formula is C10H17ClF3NO2. The van der Waals surface area contributed by atoms with E-state index < -0.39 is 25.3 Å². The third-order valence-corrected chi connectivity index (χ3v) is 2.18. The Balaban J connectivity index is 3.83. The number of hydrogen-bond donors (Lipinski definition) is 1. The first-order valence-electron chi connectivity index (χ1n) is 5.24. The molecule has 0 radical (unpaired) electrons. The van der Waals surface area contributed by atoms with Gasteiger partial charge in [0.25, 0.3) is 0 Å². The Hall–Kier alpha value is -0.490. The largest absolute Gasteiger partial charge is 0.411 e. The first-order chi connectivity index (χ1) is 7.74. The standard InChI is InChI=1S/C10H17ClF3NO2/c1-7(2)3-8(4-11)15-9(16)5-17-6-10(12,13)14/h7-8H,3-6H2,1-2H3,(H,15,16). The minimum absolute atomic E-state index is 0.225. The first kappa shape index (κ1) is 16.5. The number of hydrogen-bond acceptors (Lipinski definition) is 2. The summed E-state index contributed by atoms with van der Waals surface area (Å²) < 4.78 is 39.4. The predicted octanol–water partition coefficient (Wildman–Crippen LogP) is 2.34. The minimum atomic E-state index is -4.41. The third-order valence-electron chi connectivity index (χ3n) is 1.81. The first-order valence-corrected chi connectivity index (χ1v) is 5.78. The van der Waals surface area contributed by atoms with Crippen LogP contribution in [0.4, 0.5) is 13.2 Å². The van der Waals surface area contributed by atoms with Crippen LogP contribution in [-0.2, 0) is 9.53 Å². The van der Waals surface area contributed by atoms with Crippen LogP contribution in [0, 0.1) is 5.92 Å². The molecule has 1 N–H and O–H groups in total. The predicted molar refractivity (Wildman–Crippen MR) is 59.0 cm³/mol. The summed E-state index contributed by atoms with van der Waals surface area (Å²) >= 11 is 5.63. The molecule has 7 heteroatoms. The number of carbonyl (C=O) groups excluding carboxylic acids is 1. The molecule has 102 valence electrons. The molecule has 0 heterocycles. The van der Waals surface area contributed by atoms with E-state index in [1.54, 1.807) is 0 Å². The highest BCUT2D eigenvalue weighted by molar-refractivity contribution is 6.18. The minimum Gasteiger partial charge on any atom is -0.362 e. The lowest BCUT2D eigenvalue weighted by atomic mass is 10.1. The molecule has 17 heavy (non-hydrogen) atoms. The van der Waals surface area contributed by atoms with Gasteiger partial charge in [0.2, 0.25) is 5.91 Å². The topological polar surface area (TPSA) is 38.3 Å². The van der Waals surface area contributed by atoms with Crippen molar-refractivity contribution in [1.82, 2.24) is 5.32 Å². The van der Waals surface area contributed by atoms with E-state index in [0.29, 0.717) is 12.3 Å². The Morgan fingerprint density at radius 2 is 2.00 bits per heavy atom. The maximum absolute atomic E-state index is 11.7. The zero-order valence-electron chi connectivity index (χ0n) is 9.81. The van der Waals surface area contributed by atoms with E-state index in [0.717, 1.165) is 0 Å². The van der Waals surface area contributed by atoms with Crippen LogP contribution in [0.25, 0.3) is 0 Å². The van der Waals surface area contributed by atoms with Gasteiger partial charge in [0.15, 0.2) is 0 Å². The zero-order chi connectivity index (χ0) is 13.5. The second-order valence-corrected chi connectivity index (χ2v) is 4.46. The van der Waals surface area contributed by atoms with Gasteiger partial charge >= 0.3 is 6.18 Å². The van der Waals surface area contributed by atoms with Crippen molar-refractivity contribution in [3.63, 3.8) is 0 Å². The Labute approximate surface area is 104 Å². The Morgan fingerprint density at radius 1 is 1.41 bits per heavy atom. The molecule has 0 rings (SSSR count). The fourth-order valence-corrected chi connectivity index (χ4v) is 1.46. The molecule has 0 aromatic heterocycles. The molecular weight excluding hydrogens is 259 g/mol. The molecule has 0 fully saturated rings. The van der Waals surface area contributed by atoms with E-state index in [4.69, 9.17) is 11.6 Å². The van der Waals surface area contributed by atoms with Gasteiger partial charge in [-0.15, -0.1) is 11.6 Å². The van der Waals surface area contributed by atoms with E-state index in [1.807, 2.05) is 13.8 Å². The highest BCUT2D eigenvalue weighted by Crippen LogP contribution is 2.14. The lowest BCUT2D eigenvalue weighted by Crippen LogP contribution is -2.39. The van der Waals surface area contributed by atoms with Crippen molar-refractivity contribution in [1.29, 1.82) is 0 Å². The quantitative estimate of drug-likeness (QED) is 0.724.